The van der Waals surface area contributed by atoms with Crippen molar-refractivity contribution in [3.63, 3.8) is 0 Å². The Morgan fingerprint density at radius 2 is 2.07 bits per heavy atom. The van der Waals surface area contributed by atoms with Gasteiger partial charge in [-0.05, 0) is 42.1 Å². The van der Waals surface area contributed by atoms with Crippen molar-refractivity contribution >= 4 is 29.0 Å². The number of carbonyl (C=O) groups excluding carboxylic acids is 1. The van der Waals surface area contributed by atoms with Crippen molar-refractivity contribution in [3.8, 4) is 11.5 Å². The van der Waals surface area contributed by atoms with Crippen LogP contribution in [-0.4, -0.2) is 21.9 Å². The summed E-state index contributed by atoms with van der Waals surface area (Å²) in [6.45, 7) is 1.81. The number of nitrogens with zero attached hydrogens (tertiary/aromatic N) is 2. The third kappa shape index (κ3) is 4.57. The maximum absolute atomic E-state index is 13.3. The molecule has 3 heterocycles. The lowest BCUT2D eigenvalue weighted by molar-refractivity contribution is -0.119. The summed E-state index contributed by atoms with van der Waals surface area (Å²) in [5.74, 6) is 0.621. The molecular formula is C20H16FN3O3S2. The highest BCUT2D eigenvalue weighted by molar-refractivity contribution is 7.99. The Morgan fingerprint density at radius 1 is 1.24 bits per heavy atom. The van der Waals surface area contributed by atoms with Gasteiger partial charge in [0, 0.05) is 4.88 Å². The first-order valence-corrected chi connectivity index (χ1v) is 10.6. The molecule has 3 aromatic heterocycles. The maximum atomic E-state index is 13.3. The van der Waals surface area contributed by atoms with Crippen LogP contribution in [0.25, 0.3) is 11.5 Å². The lowest BCUT2D eigenvalue weighted by atomic mass is 10.1. The average molecular weight is 429 g/mol. The van der Waals surface area contributed by atoms with Crippen LogP contribution >= 0.6 is 23.1 Å². The Morgan fingerprint density at radius 3 is 2.76 bits per heavy atom. The van der Waals surface area contributed by atoms with Crippen LogP contribution in [0.3, 0.4) is 0 Å². The van der Waals surface area contributed by atoms with Crippen molar-refractivity contribution in [2.24, 2.45) is 0 Å². The van der Waals surface area contributed by atoms with Crippen molar-refractivity contribution in [1.82, 2.24) is 15.5 Å². The summed E-state index contributed by atoms with van der Waals surface area (Å²) in [6, 6.07) is 11.4. The van der Waals surface area contributed by atoms with Crippen molar-refractivity contribution < 1.29 is 18.0 Å². The molecule has 29 heavy (non-hydrogen) atoms. The molecule has 0 saturated heterocycles. The van der Waals surface area contributed by atoms with E-state index in [9.17, 15) is 9.18 Å². The first kappa shape index (κ1) is 19.4. The van der Waals surface area contributed by atoms with Gasteiger partial charge in [-0.3, -0.25) is 4.79 Å². The maximum Gasteiger partial charge on any atom is 0.277 e. The quantitative estimate of drug-likeness (QED) is 0.424. The van der Waals surface area contributed by atoms with Gasteiger partial charge in [0.2, 0.25) is 5.91 Å². The number of hydrogen-bond donors (Lipinski definition) is 1. The molecule has 1 aromatic carbocycles. The van der Waals surface area contributed by atoms with Crippen LogP contribution in [0.1, 0.15) is 22.2 Å². The van der Waals surface area contributed by atoms with E-state index in [-0.39, 0.29) is 23.5 Å². The van der Waals surface area contributed by atoms with Gasteiger partial charge in [-0.1, -0.05) is 30.0 Å². The highest BCUT2D eigenvalue weighted by Gasteiger charge is 2.19. The summed E-state index contributed by atoms with van der Waals surface area (Å²) < 4.78 is 24.1. The topological polar surface area (TPSA) is 81.2 Å². The van der Waals surface area contributed by atoms with Crippen molar-refractivity contribution in [2.45, 2.75) is 18.2 Å². The molecular weight excluding hydrogens is 413 g/mol. The van der Waals surface area contributed by atoms with Gasteiger partial charge in [-0.2, -0.15) is 0 Å². The number of carbonyl (C=O) groups is 1. The Balaban J connectivity index is 1.42. The number of aryl methyl sites for hydroxylation is 1. The number of aromatic nitrogens is 2. The van der Waals surface area contributed by atoms with E-state index >= 15 is 0 Å². The molecule has 1 amide bonds. The van der Waals surface area contributed by atoms with E-state index in [0.717, 1.165) is 27.8 Å². The molecule has 0 saturated carbocycles. The molecule has 148 valence electrons. The predicted octanol–water partition coefficient (Wildman–Crippen LogP) is 4.84. The molecule has 0 aliphatic rings. The smallest absolute Gasteiger partial charge is 0.277 e. The fourth-order valence-electron chi connectivity index (χ4n) is 2.74. The number of thioether (sulfide) groups is 1. The van der Waals surface area contributed by atoms with E-state index in [1.54, 1.807) is 31.4 Å². The Kier molecular flexibility index (Phi) is 5.77. The summed E-state index contributed by atoms with van der Waals surface area (Å²) in [7, 11) is 0. The fourth-order valence-corrected chi connectivity index (χ4v) is 4.12. The molecule has 9 heteroatoms. The number of halogens is 1. The lowest BCUT2D eigenvalue weighted by Crippen LogP contribution is -2.30. The summed E-state index contributed by atoms with van der Waals surface area (Å²) in [4.78, 5) is 13.5. The molecule has 4 rings (SSSR count). The van der Waals surface area contributed by atoms with Gasteiger partial charge >= 0.3 is 0 Å². The molecule has 0 aliphatic carbocycles. The minimum absolute atomic E-state index is 0.106. The van der Waals surface area contributed by atoms with Crippen LogP contribution in [0.4, 0.5) is 4.39 Å². The third-order valence-electron chi connectivity index (χ3n) is 4.16. The van der Waals surface area contributed by atoms with Crippen LogP contribution in [-0.2, 0) is 4.79 Å². The normalized spacial score (nSPS) is 12.1. The van der Waals surface area contributed by atoms with Crippen LogP contribution in [0.5, 0.6) is 0 Å². The van der Waals surface area contributed by atoms with Gasteiger partial charge in [0.1, 0.15) is 11.6 Å². The monoisotopic (exact) mass is 429 g/mol. The second-order valence-corrected chi connectivity index (χ2v) is 8.03. The summed E-state index contributed by atoms with van der Waals surface area (Å²) in [6.07, 6.45) is 1.55. The molecule has 0 unspecified atom stereocenters. The van der Waals surface area contributed by atoms with E-state index in [2.05, 4.69) is 15.5 Å². The third-order valence-corrected chi connectivity index (χ3v) is 5.91. The van der Waals surface area contributed by atoms with Gasteiger partial charge < -0.3 is 14.2 Å². The molecule has 1 atom stereocenters. The molecule has 0 aliphatic heterocycles. The van der Waals surface area contributed by atoms with Crippen molar-refractivity contribution in [2.75, 3.05) is 5.75 Å². The standard InChI is InChI=1S/C20H16FN3O3S2/c1-12-15(8-9-26-12)19-23-24-20(27-19)29-11-17(25)22-18(16-3-2-10-28-16)13-4-6-14(21)7-5-13/h2-10,18H,11H2,1H3,(H,22,25)/t18-/m0/s1. The zero-order valence-electron chi connectivity index (χ0n) is 15.3. The van der Waals surface area contributed by atoms with E-state index in [1.807, 2.05) is 17.5 Å². The summed E-state index contributed by atoms with van der Waals surface area (Å²) in [5, 5.41) is 13.2. The summed E-state index contributed by atoms with van der Waals surface area (Å²) >= 11 is 2.67. The lowest BCUT2D eigenvalue weighted by Gasteiger charge is -2.18. The fraction of sp³-hybridized carbons (Fsp3) is 0.150. The minimum atomic E-state index is -0.351. The first-order chi connectivity index (χ1) is 14.1. The average Bonchev–Trinajstić information content (AvgIpc) is 3.47. The van der Waals surface area contributed by atoms with Crippen molar-refractivity contribution in [3.05, 3.63) is 76.1 Å². The van der Waals surface area contributed by atoms with E-state index < -0.39 is 0 Å². The molecule has 6 nitrogen and oxygen atoms in total. The first-order valence-electron chi connectivity index (χ1n) is 8.69. The SMILES string of the molecule is Cc1occc1-c1nnc(SCC(=O)N[C@@H](c2ccc(F)cc2)c2cccs2)o1. The molecule has 0 radical (unpaired) electrons. The number of thiophene rings is 1. The zero-order valence-corrected chi connectivity index (χ0v) is 16.9. The molecule has 1 N–H and O–H groups in total. The number of nitrogens with one attached hydrogen (secondary N) is 1. The number of benzene rings is 1. The highest BCUT2D eigenvalue weighted by Crippen LogP contribution is 2.28. The molecule has 0 fully saturated rings. The van der Waals surface area contributed by atoms with E-state index in [4.69, 9.17) is 8.83 Å². The highest BCUT2D eigenvalue weighted by atomic mass is 32.2. The van der Waals surface area contributed by atoms with Gasteiger partial charge in [0.25, 0.3) is 11.1 Å². The Bertz CT molecular complexity index is 1090. The second-order valence-electron chi connectivity index (χ2n) is 6.12. The van der Waals surface area contributed by atoms with Crippen LogP contribution in [0.15, 0.2) is 68.2 Å². The molecule has 0 bridgehead atoms. The van der Waals surface area contributed by atoms with E-state index in [1.165, 1.54) is 23.5 Å². The number of furan rings is 1. The predicted molar refractivity (Wildman–Crippen MR) is 108 cm³/mol. The van der Waals surface area contributed by atoms with Crippen molar-refractivity contribution in [1.29, 1.82) is 0 Å². The van der Waals surface area contributed by atoms with Gasteiger partial charge in [0.15, 0.2) is 0 Å². The Labute approximate surface area is 174 Å². The van der Waals surface area contributed by atoms with Gasteiger partial charge in [0.05, 0.1) is 23.6 Å². The minimum Gasteiger partial charge on any atom is -0.469 e. The van der Waals surface area contributed by atoms with E-state index in [0.29, 0.717) is 16.9 Å². The van der Waals surface area contributed by atoms with Crippen LogP contribution in [0, 0.1) is 12.7 Å². The number of amides is 1. The van der Waals surface area contributed by atoms with Crippen LogP contribution < -0.4 is 5.32 Å². The van der Waals surface area contributed by atoms with Gasteiger partial charge in [-0.15, -0.1) is 21.5 Å². The largest absolute Gasteiger partial charge is 0.469 e. The van der Waals surface area contributed by atoms with Crippen LogP contribution in [0.2, 0.25) is 0 Å². The second kappa shape index (κ2) is 8.62. The molecule has 4 aromatic rings. The molecule has 0 spiro atoms. The zero-order chi connectivity index (χ0) is 20.2. The number of rotatable bonds is 7. The van der Waals surface area contributed by atoms with Gasteiger partial charge in [-0.25, -0.2) is 4.39 Å². The summed E-state index contributed by atoms with van der Waals surface area (Å²) in [5.41, 5.74) is 1.53. The Hall–Kier alpha value is -2.91. The number of hydrogen-bond acceptors (Lipinski definition) is 7.